The highest BCUT2D eigenvalue weighted by Crippen LogP contribution is 2.40. The van der Waals surface area contributed by atoms with Gasteiger partial charge in [0, 0.05) is 38.3 Å². The molecule has 1 aromatic heterocycles. The standard InChI is InChI=1S/C32H43F2N7O5/c1-31(2,3)46-30(44)40-14-12-20(13-15-40)17-35-27(42)21-10-11-23(25(16-21)45-5)37-29-36-18-24-26(38-29)41(22-8-6-7-9-22)19-32(33,34)28(43)39(24)4/h10-11,16,18,20,22H,6-9,12-15,17,19H2,1-5H3,(H,35,42)(H,36,37,38). The molecule has 2 aliphatic heterocycles. The molecular weight excluding hydrogens is 600 g/mol. The molecule has 3 heterocycles. The minimum atomic E-state index is -3.57. The van der Waals surface area contributed by atoms with Crippen LogP contribution in [0.3, 0.4) is 0 Å². The maximum absolute atomic E-state index is 14.9. The van der Waals surface area contributed by atoms with Crippen molar-refractivity contribution in [2.45, 2.75) is 76.9 Å². The van der Waals surface area contributed by atoms with Gasteiger partial charge in [-0.1, -0.05) is 12.8 Å². The molecule has 1 saturated heterocycles. The Morgan fingerprint density at radius 1 is 1.11 bits per heavy atom. The van der Waals surface area contributed by atoms with Crippen LogP contribution < -0.4 is 25.2 Å². The molecule has 5 rings (SSSR count). The van der Waals surface area contributed by atoms with E-state index in [4.69, 9.17) is 9.47 Å². The third-order valence-electron chi connectivity index (χ3n) is 8.66. The molecule has 12 nitrogen and oxygen atoms in total. The van der Waals surface area contributed by atoms with E-state index < -0.39 is 24.0 Å². The zero-order chi connectivity index (χ0) is 33.2. The number of carbonyl (C=O) groups is 3. The lowest BCUT2D eigenvalue weighted by Gasteiger charge is -2.33. The summed E-state index contributed by atoms with van der Waals surface area (Å²) in [6.07, 6.45) is 5.89. The number of piperidine rings is 1. The first-order valence-electron chi connectivity index (χ1n) is 15.8. The van der Waals surface area contributed by atoms with Crippen molar-refractivity contribution in [3.63, 3.8) is 0 Å². The molecule has 2 aromatic rings. The number of nitrogens with zero attached hydrogens (tertiary/aromatic N) is 5. The number of anilines is 4. The van der Waals surface area contributed by atoms with Crippen molar-refractivity contribution in [3.8, 4) is 5.75 Å². The molecule has 0 atom stereocenters. The van der Waals surface area contributed by atoms with Crippen molar-refractivity contribution in [1.29, 1.82) is 0 Å². The fraction of sp³-hybridized carbons (Fsp3) is 0.594. The molecule has 0 radical (unpaired) electrons. The second kappa shape index (κ2) is 13.2. The predicted octanol–water partition coefficient (Wildman–Crippen LogP) is 4.97. The van der Waals surface area contributed by atoms with Crippen LogP contribution in [-0.4, -0.2) is 90.7 Å². The lowest BCUT2D eigenvalue weighted by atomic mass is 9.97. The van der Waals surface area contributed by atoms with Gasteiger partial charge in [0.1, 0.15) is 17.0 Å². The monoisotopic (exact) mass is 643 g/mol. The van der Waals surface area contributed by atoms with E-state index in [0.29, 0.717) is 36.6 Å². The molecule has 14 heteroatoms. The summed E-state index contributed by atoms with van der Waals surface area (Å²) in [5.41, 5.74) is 0.542. The van der Waals surface area contributed by atoms with Gasteiger partial charge in [0.2, 0.25) is 5.95 Å². The Hall–Kier alpha value is -4.23. The summed E-state index contributed by atoms with van der Waals surface area (Å²) in [6.45, 7) is 6.38. The van der Waals surface area contributed by atoms with Crippen LogP contribution in [-0.2, 0) is 9.53 Å². The number of hydrogen-bond acceptors (Lipinski definition) is 9. The largest absolute Gasteiger partial charge is 0.495 e. The fourth-order valence-electron chi connectivity index (χ4n) is 6.15. The quantitative estimate of drug-likeness (QED) is 0.430. The molecule has 0 spiro atoms. The Kier molecular flexibility index (Phi) is 9.54. The third kappa shape index (κ3) is 7.42. The van der Waals surface area contributed by atoms with Crippen molar-refractivity contribution in [2.24, 2.45) is 5.92 Å². The zero-order valence-corrected chi connectivity index (χ0v) is 27.1. The normalized spacial score (nSPS) is 19.0. The van der Waals surface area contributed by atoms with Crippen LogP contribution in [0.2, 0.25) is 0 Å². The molecule has 2 fully saturated rings. The number of methoxy groups -OCH3 is 1. The number of alkyl halides is 2. The van der Waals surface area contributed by atoms with Gasteiger partial charge >= 0.3 is 12.0 Å². The molecule has 3 amide bonds. The summed E-state index contributed by atoms with van der Waals surface area (Å²) >= 11 is 0. The zero-order valence-electron chi connectivity index (χ0n) is 27.1. The third-order valence-corrected chi connectivity index (χ3v) is 8.66. The predicted molar refractivity (Wildman–Crippen MR) is 169 cm³/mol. The maximum atomic E-state index is 14.9. The average molecular weight is 644 g/mol. The van der Waals surface area contributed by atoms with E-state index in [-0.39, 0.29) is 41.4 Å². The lowest BCUT2D eigenvalue weighted by Crippen LogP contribution is -2.48. The highest BCUT2D eigenvalue weighted by atomic mass is 19.3. The highest BCUT2D eigenvalue weighted by molar-refractivity contribution is 6.02. The Balaban J connectivity index is 1.25. The topological polar surface area (TPSA) is 129 Å². The maximum Gasteiger partial charge on any atom is 0.410 e. The average Bonchev–Trinajstić information content (AvgIpc) is 3.54. The summed E-state index contributed by atoms with van der Waals surface area (Å²) in [6, 6.07) is 4.76. The van der Waals surface area contributed by atoms with Crippen LogP contribution in [0.15, 0.2) is 24.4 Å². The Labute approximate surface area is 267 Å². The van der Waals surface area contributed by atoms with Gasteiger partial charge in [-0.25, -0.2) is 9.78 Å². The summed E-state index contributed by atoms with van der Waals surface area (Å²) in [7, 11) is 2.78. The van der Waals surface area contributed by atoms with E-state index in [9.17, 15) is 23.2 Å². The highest BCUT2D eigenvalue weighted by Gasteiger charge is 2.48. The summed E-state index contributed by atoms with van der Waals surface area (Å²) in [4.78, 5) is 51.0. The molecule has 1 saturated carbocycles. The van der Waals surface area contributed by atoms with Gasteiger partial charge in [-0.3, -0.25) is 9.59 Å². The number of benzene rings is 1. The van der Waals surface area contributed by atoms with Crippen molar-refractivity contribution >= 4 is 41.0 Å². The Bertz CT molecular complexity index is 1450. The molecule has 0 unspecified atom stereocenters. The molecule has 1 aliphatic carbocycles. The van der Waals surface area contributed by atoms with Gasteiger partial charge in [-0.05, 0) is 70.6 Å². The molecule has 250 valence electrons. The number of nitrogens with one attached hydrogen (secondary N) is 2. The van der Waals surface area contributed by atoms with E-state index >= 15 is 0 Å². The second-order valence-corrected chi connectivity index (χ2v) is 13.2. The smallest absolute Gasteiger partial charge is 0.410 e. The van der Waals surface area contributed by atoms with Gasteiger partial charge in [-0.2, -0.15) is 13.8 Å². The number of likely N-dealkylation sites (tertiary alicyclic amines) is 1. The van der Waals surface area contributed by atoms with Crippen LogP contribution >= 0.6 is 0 Å². The number of rotatable bonds is 7. The number of hydrogen-bond donors (Lipinski definition) is 2. The van der Waals surface area contributed by atoms with E-state index in [1.54, 1.807) is 28.0 Å². The number of halogens is 2. The van der Waals surface area contributed by atoms with Crippen LogP contribution in [0.5, 0.6) is 5.75 Å². The Morgan fingerprint density at radius 3 is 2.46 bits per heavy atom. The molecule has 46 heavy (non-hydrogen) atoms. The fourth-order valence-corrected chi connectivity index (χ4v) is 6.15. The molecule has 0 bridgehead atoms. The Morgan fingerprint density at radius 2 is 1.80 bits per heavy atom. The van der Waals surface area contributed by atoms with Crippen LogP contribution in [0.1, 0.15) is 69.7 Å². The van der Waals surface area contributed by atoms with Gasteiger partial charge in [0.15, 0.2) is 5.82 Å². The van der Waals surface area contributed by atoms with E-state index in [1.807, 2.05) is 20.8 Å². The van der Waals surface area contributed by atoms with E-state index in [1.165, 1.54) is 20.4 Å². The van der Waals surface area contributed by atoms with Crippen molar-refractivity contribution in [2.75, 3.05) is 55.5 Å². The summed E-state index contributed by atoms with van der Waals surface area (Å²) in [5, 5.41) is 6.07. The second-order valence-electron chi connectivity index (χ2n) is 13.2. The minimum absolute atomic E-state index is 0.140. The first-order chi connectivity index (χ1) is 21.8. The number of ether oxygens (including phenoxy) is 2. The van der Waals surface area contributed by atoms with Crippen LogP contribution in [0.4, 0.5) is 36.7 Å². The number of amides is 3. The molecule has 2 N–H and O–H groups in total. The number of carbonyl (C=O) groups excluding carboxylic acids is 3. The van der Waals surface area contributed by atoms with Crippen LogP contribution in [0.25, 0.3) is 0 Å². The van der Waals surface area contributed by atoms with Gasteiger partial charge < -0.3 is 34.8 Å². The van der Waals surface area contributed by atoms with E-state index in [2.05, 4.69) is 20.6 Å². The van der Waals surface area contributed by atoms with Gasteiger partial charge in [0.05, 0.1) is 25.5 Å². The van der Waals surface area contributed by atoms with Gasteiger partial charge in [0.25, 0.3) is 11.8 Å². The lowest BCUT2D eigenvalue weighted by molar-refractivity contribution is -0.140. The van der Waals surface area contributed by atoms with Crippen molar-refractivity contribution in [1.82, 2.24) is 20.2 Å². The molecular formula is C32H43F2N7O5. The number of fused-ring (bicyclic) bond motifs is 1. The minimum Gasteiger partial charge on any atom is -0.495 e. The summed E-state index contributed by atoms with van der Waals surface area (Å²) in [5.74, 6) is -4.12. The van der Waals surface area contributed by atoms with Crippen molar-refractivity contribution < 1.29 is 32.6 Å². The van der Waals surface area contributed by atoms with Crippen molar-refractivity contribution in [3.05, 3.63) is 30.0 Å². The molecule has 3 aliphatic rings. The van der Waals surface area contributed by atoms with E-state index in [0.717, 1.165) is 43.4 Å². The first-order valence-corrected chi connectivity index (χ1v) is 15.8. The number of aromatic nitrogens is 2. The molecule has 1 aromatic carbocycles. The SMILES string of the molecule is COc1cc(C(=O)NCC2CCN(C(=O)OC(C)(C)C)CC2)ccc1Nc1ncc2c(n1)N(C1CCCC1)CC(F)(F)C(=O)N2C. The van der Waals surface area contributed by atoms with Gasteiger partial charge in [-0.15, -0.1) is 0 Å². The van der Waals surface area contributed by atoms with Crippen LogP contribution in [0, 0.1) is 5.92 Å². The first kappa shape index (κ1) is 33.1. The summed E-state index contributed by atoms with van der Waals surface area (Å²) < 4.78 is 40.8.